The highest BCUT2D eigenvalue weighted by Gasteiger charge is 2.13. The maximum Gasteiger partial charge on any atom is 0.137 e. The van der Waals surface area contributed by atoms with Gasteiger partial charge in [0.05, 0.1) is 17.9 Å². The molecule has 4 rings (SSSR count). The Morgan fingerprint density at radius 2 is 1.70 bits per heavy atom. The van der Waals surface area contributed by atoms with Crippen molar-refractivity contribution in [2.24, 2.45) is 0 Å². The van der Waals surface area contributed by atoms with Gasteiger partial charge in [-0.3, -0.25) is 0 Å². The second kappa shape index (κ2) is 5.93. The van der Waals surface area contributed by atoms with E-state index < -0.39 is 0 Å². The van der Waals surface area contributed by atoms with Crippen LogP contribution in [0.5, 0.6) is 0 Å². The maximum absolute atomic E-state index is 4.80. The van der Waals surface area contributed by atoms with Gasteiger partial charge in [0.15, 0.2) is 0 Å². The van der Waals surface area contributed by atoms with Crippen molar-refractivity contribution in [3.63, 3.8) is 0 Å². The third-order valence-corrected chi connectivity index (χ3v) is 3.78. The van der Waals surface area contributed by atoms with Gasteiger partial charge < -0.3 is 9.72 Å². The van der Waals surface area contributed by atoms with Gasteiger partial charge >= 0.3 is 0 Å². The molecule has 4 heteroatoms. The molecule has 3 aromatic heterocycles. The largest absolute Gasteiger partial charge is 0.364 e. The fourth-order valence-electron chi connectivity index (χ4n) is 2.68. The van der Waals surface area contributed by atoms with Crippen molar-refractivity contribution >= 4 is 11.5 Å². The molecular weight excluding hydrogens is 284 g/mol. The van der Waals surface area contributed by atoms with Crippen LogP contribution in [0.1, 0.15) is 5.69 Å². The summed E-state index contributed by atoms with van der Waals surface area (Å²) in [5.74, 6) is 0.859. The molecule has 4 aromatic rings. The minimum atomic E-state index is 0.659. The smallest absolute Gasteiger partial charge is 0.137 e. The summed E-state index contributed by atoms with van der Waals surface area (Å²) in [6, 6.07) is 22.2. The van der Waals surface area contributed by atoms with Crippen LogP contribution in [-0.4, -0.2) is 14.4 Å². The molecule has 0 aliphatic rings. The number of rotatable bonds is 4. The van der Waals surface area contributed by atoms with Crippen molar-refractivity contribution < 1.29 is 0 Å². The van der Waals surface area contributed by atoms with Crippen LogP contribution < -0.4 is 5.32 Å². The normalized spacial score (nSPS) is 10.8. The average Bonchev–Trinajstić information content (AvgIpc) is 3.00. The lowest BCUT2D eigenvalue weighted by Gasteiger charge is -2.08. The van der Waals surface area contributed by atoms with E-state index in [4.69, 9.17) is 4.98 Å². The third kappa shape index (κ3) is 2.66. The lowest BCUT2D eigenvalue weighted by atomic mass is 10.1. The molecule has 0 spiro atoms. The van der Waals surface area contributed by atoms with Gasteiger partial charge in [0.1, 0.15) is 11.5 Å². The highest BCUT2D eigenvalue weighted by atomic mass is 15.1. The molecule has 0 radical (unpaired) electrons. The van der Waals surface area contributed by atoms with Gasteiger partial charge in [-0.1, -0.05) is 42.5 Å². The summed E-state index contributed by atoms with van der Waals surface area (Å²) in [7, 11) is 0. The molecule has 0 aliphatic carbocycles. The molecule has 4 nitrogen and oxygen atoms in total. The van der Waals surface area contributed by atoms with Gasteiger partial charge in [-0.25, -0.2) is 9.97 Å². The van der Waals surface area contributed by atoms with Crippen LogP contribution in [0.3, 0.4) is 0 Å². The lowest BCUT2D eigenvalue weighted by molar-refractivity contribution is 0.996. The van der Waals surface area contributed by atoms with Crippen LogP contribution in [0.25, 0.3) is 16.9 Å². The Bertz CT molecular complexity index is 914. The standard InChI is InChI=1S/C19H16N4/c1-2-8-15(9-3-1)19-16(14-21-17-10-4-6-12-20-17)23-13-7-5-11-18(23)22-19/h1-13H,14H2,(H,20,21). The maximum atomic E-state index is 4.80. The zero-order chi connectivity index (χ0) is 15.5. The van der Waals surface area contributed by atoms with Crippen LogP contribution in [0.15, 0.2) is 79.1 Å². The van der Waals surface area contributed by atoms with Crippen molar-refractivity contribution in [1.29, 1.82) is 0 Å². The van der Waals surface area contributed by atoms with Crippen LogP contribution in [0, 0.1) is 0 Å². The molecule has 0 unspecified atom stereocenters. The van der Waals surface area contributed by atoms with Crippen LogP contribution >= 0.6 is 0 Å². The van der Waals surface area contributed by atoms with Crippen molar-refractivity contribution in [3.05, 3.63) is 84.8 Å². The summed E-state index contributed by atoms with van der Waals surface area (Å²) >= 11 is 0. The monoisotopic (exact) mass is 300 g/mol. The van der Waals surface area contributed by atoms with E-state index in [9.17, 15) is 0 Å². The fourth-order valence-corrected chi connectivity index (χ4v) is 2.68. The first kappa shape index (κ1) is 13.5. The number of benzene rings is 1. The van der Waals surface area contributed by atoms with E-state index in [1.54, 1.807) is 6.20 Å². The number of anilines is 1. The number of hydrogen-bond donors (Lipinski definition) is 1. The minimum absolute atomic E-state index is 0.659. The van der Waals surface area contributed by atoms with E-state index in [0.29, 0.717) is 6.54 Å². The van der Waals surface area contributed by atoms with Crippen LogP contribution in [-0.2, 0) is 6.54 Å². The van der Waals surface area contributed by atoms with Gasteiger partial charge in [-0.05, 0) is 24.3 Å². The van der Waals surface area contributed by atoms with Crippen LogP contribution in [0.2, 0.25) is 0 Å². The molecule has 1 N–H and O–H groups in total. The van der Waals surface area contributed by atoms with Crippen molar-refractivity contribution in [2.45, 2.75) is 6.54 Å². The van der Waals surface area contributed by atoms with E-state index in [0.717, 1.165) is 28.4 Å². The summed E-state index contributed by atoms with van der Waals surface area (Å²) in [6.07, 6.45) is 3.83. The molecule has 112 valence electrons. The molecule has 0 saturated carbocycles. The van der Waals surface area contributed by atoms with E-state index in [2.05, 4.69) is 26.8 Å². The fraction of sp³-hybridized carbons (Fsp3) is 0.0526. The van der Waals surface area contributed by atoms with E-state index in [1.165, 1.54) is 0 Å². The molecule has 0 bridgehead atoms. The Balaban J connectivity index is 1.77. The Hall–Kier alpha value is -3.14. The Kier molecular flexibility index (Phi) is 3.48. The van der Waals surface area contributed by atoms with E-state index >= 15 is 0 Å². The van der Waals surface area contributed by atoms with Crippen molar-refractivity contribution in [2.75, 3.05) is 5.32 Å². The number of fused-ring (bicyclic) bond motifs is 1. The second-order valence-corrected chi connectivity index (χ2v) is 5.27. The van der Waals surface area contributed by atoms with Crippen molar-refractivity contribution in [1.82, 2.24) is 14.4 Å². The molecule has 0 fully saturated rings. The van der Waals surface area contributed by atoms with E-state index in [-0.39, 0.29) is 0 Å². The Morgan fingerprint density at radius 3 is 2.52 bits per heavy atom. The quantitative estimate of drug-likeness (QED) is 0.619. The summed E-state index contributed by atoms with van der Waals surface area (Å²) in [4.78, 5) is 9.12. The van der Waals surface area contributed by atoms with Gasteiger partial charge in [0, 0.05) is 18.0 Å². The zero-order valence-corrected chi connectivity index (χ0v) is 12.6. The summed E-state index contributed by atoms with van der Waals surface area (Å²) in [6.45, 7) is 0.659. The van der Waals surface area contributed by atoms with Gasteiger partial charge in [-0.2, -0.15) is 0 Å². The molecule has 0 saturated heterocycles. The summed E-state index contributed by atoms with van der Waals surface area (Å²) in [5.41, 5.74) is 4.19. The van der Waals surface area contributed by atoms with Crippen LogP contribution in [0.4, 0.5) is 5.82 Å². The number of hydrogen-bond acceptors (Lipinski definition) is 3. The van der Waals surface area contributed by atoms with Gasteiger partial charge in [0.2, 0.25) is 0 Å². The summed E-state index contributed by atoms with van der Waals surface area (Å²) in [5, 5.41) is 3.38. The Labute approximate surface area is 134 Å². The molecule has 0 amide bonds. The first-order chi connectivity index (χ1) is 11.4. The molecular formula is C19H16N4. The lowest BCUT2D eigenvalue weighted by Crippen LogP contribution is -2.05. The predicted octanol–water partition coefficient (Wildman–Crippen LogP) is 4.01. The molecule has 1 aromatic carbocycles. The number of imidazole rings is 1. The summed E-state index contributed by atoms with van der Waals surface area (Å²) < 4.78 is 2.12. The topological polar surface area (TPSA) is 42.2 Å². The highest BCUT2D eigenvalue weighted by Crippen LogP contribution is 2.24. The Morgan fingerprint density at radius 1 is 0.870 bits per heavy atom. The minimum Gasteiger partial charge on any atom is -0.364 e. The predicted molar refractivity (Wildman–Crippen MR) is 92.2 cm³/mol. The molecule has 3 heterocycles. The second-order valence-electron chi connectivity index (χ2n) is 5.27. The third-order valence-electron chi connectivity index (χ3n) is 3.78. The number of aromatic nitrogens is 3. The number of nitrogens with one attached hydrogen (secondary N) is 1. The van der Waals surface area contributed by atoms with E-state index in [1.807, 2.05) is 60.8 Å². The number of pyridine rings is 2. The zero-order valence-electron chi connectivity index (χ0n) is 12.6. The number of nitrogens with zero attached hydrogens (tertiary/aromatic N) is 3. The highest BCUT2D eigenvalue weighted by molar-refractivity contribution is 5.67. The first-order valence-corrected chi connectivity index (χ1v) is 7.58. The molecule has 0 atom stereocenters. The van der Waals surface area contributed by atoms with Crippen molar-refractivity contribution in [3.8, 4) is 11.3 Å². The molecule has 23 heavy (non-hydrogen) atoms. The average molecular weight is 300 g/mol. The van der Waals surface area contributed by atoms with Gasteiger partial charge in [-0.15, -0.1) is 0 Å². The van der Waals surface area contributed by atoms with Gasteiger partial charge in [0.25, 0.3) is 0 Å². The SMILES string of the molecule is c1ccc(-c2nc3ccccn3c2CNc2ccccn2)cc1. The molecule has 0 aliphatic heterocycles. The first-order valence-electron chi connectivity index (χ1n) is 7.58.